The van der Waals surface area contributed by atoms with Crippen molar-refractivity contribution >= 4 is 17.6 Å². The average molecular weight is 395 g/mol. The maximum absolute atomic E-state index is 13.8. The number of nitrogens with zero attached hydrogens (tertiary/aromatic N) is 5. The summed E-state index contributed by atoms with van der Waals surface area (Å²) in [6, 6.07) is 4.60. The minimum Gasteiger partial charge on any atom is -0.371 e. The Bertz CT molecular complexity index is 834. The largest absolute Gasteiger partial charge is 0.418 e. The van der Waals surface area contributed by atoms with E-state index in [1.807, 2.05) is 4.90 Å². The van der Waals surface area contributed by atoms with Crippen LogP contribution < -0.4 is 16.4 Å². The Kier molecular flexibility index (Phi) is 4.82. The molecule has 4 rings (SSSR count). The van der Waals surface area contributed by atoms with Crippen LogP contribution in [0.5, 0.6) is 0 Å². The maximum atomic E-state index is 13.8. The number of benzene rings is 1. The Balaban J connectivity index is 1.59. The molecule has 2 aliphatic heterocycles. The third-order valence-electron chi connectivity index (χ3n) is 5.64. The van der Waals surface area contributed by atoms with Gasteiger partial charge in [0.25, 0.3) is 0 Å². The number of likely N-dealkylation sites (tertiary alicyclic amines) is 1. The van der Waals surface area contributed by atoms with Gasteiger partial charge in [-0.05, 0) is 57.0 Å². The number of aromatic nitrogens is 3. The van der Waals surface area contributed by atoms with Crippen LogP contribution in [0, 0.1) is 0 Å². The quantitative estimate of drug-likeness (QED) is 0.830. The molecule has 2 aromatic rings. The van der Waals surface area contributed by atoms with E-state index in [4.69, 9.17) is 11.5 Å². The number of piperidine rings is 1. The van der Waals surface area contributed by atoms with Gasteiger partial charge in [0.15, 0.2) is 0 Å². The van der Waals surface area contributed by atoms with Crippen LogP contribution in [0.2, 0.25) is 0 Å². The first-order chi connectivity index (χ1) is 13.3. The van der Waals surface area contributed by atoms with Gasteiger partial charge in [-0.25, -0.2) is 0 Å². The van der Waals surface area contributed by atoms with E-state index in [-0.39, 0.29) is 23.3 Å². The molecule has 0 aliphatic carbocycles. The summed E-state index contributed by atoms with van der Waals surface area (Å²) >= 11 is 0. The monoisotopic (exact) mass is 395 g/mol. The predicted octanol–water partition coefficient (Wildman–Crippen LogP) is 2.52. The van der Waals surface area contributed by atoms with Gasteiger partial charge in [-0.15, -0.1) is 5.10 Å². The topological polar surface area (TPSA) is 89.2 Å². The molecule has 10 heteroatoms. The van der Waals surface area contributed by atoms with Crippen LogP contribution in [-0.4, -0.2) is 51.9 Å². The number of nitrogen functional groups attached to an aromatic ring is 2. The van der Waals surface area contributed by atoms with Crippen molar-refractivity contribution in [3.05, 3.63) is 23.8 Å². The van der Waals surface area contributed by atoms with E-state index in [9.17, 15) is 13.2 Å². The Hall–Kier alpha value is -2.49. The molecule has 2 fully saturated rings. The van der Waals surface area contributed by atoms with Gasteiger partial charge in [-0.1, -0.05) is 0 Å². The minimum absolute atomic E-state index is 0.0511. The molecule has 0 radical (unpaired) electrons. The number of rotatable bonds is 3. The molecule has 0 unspecified atom stereocenters. The van der Waals surface area contributed by atoms with Crippen LogP contribution in [0.4, 0.5) is 30.8 Å². The summed E-state index contributed by atoms with van der Waals surface area (Å²) in [7, 11) is 0. The molecule has 7 nitrogen and oxygen atoms in total. The van der Waals surface area contributed by atoms with E-state index >= 15 is 0 Å². The average Bonchev–Trinajstić information content (AvgIpc) is 3.30. The van der Waals surface area contributed by atoms with Crippen LogP contribution in [0.15, 0.2) is 18.2 Å². The van der Waals surface area contributed by atoms with Crippen LogP contribution in [0.25, 0.3) is 5.69 Å². The highest BCUT2D eigenvalue weighted by Gasteiger charge is 2.37. The van der Waals surface area contributed by atoms with E-state index in [1.165, 1.54) is 18.9 Å². The number of hydrogen-bond donors (Lipinski definition) is 2. The van der Waals surface area contributed by atoms with Gasteiger partial charge in [0.2, 0.25) is 11.9 Å². The predicted molar refractivity (Wildman–Crippen MR) is 101 cm³/mol. The first kappa shape index (κ1) is 18.9. The number of nitrogens with two attached hydrogens (primary N) is 2. The van der Waals surface area contributed by atoms with Gasteiger partial charge in [0.05, 0.1) is 11.3 Å². The fourth-order valence-corrected chi connectivity index (χ4v) is 4.27. The molecule has 0 atom stereocenters. The summed E-state index contributed by atoms with van der Waals surface area (Å²) in [5, 5.41) is 3.87. The van der Waals surface area contributed by atoms with E-state index < -0.39 is 11.7 Å². The van der Waals surface area contributed by atoms with Crippen molar-refractivity contribution in [1.82, 2.24) is 19.7 Å². The smallest absolute Gasteiger partial charge is 0.371 e. The molecule has 1 aromatic heterocycles. The lowest BCUT2D eigenvalue weighted by molar-refractivity contribution is -0.137. The van der Waals surface area contributed by atoms with Crippen LogP contribution >= 0.6 is 0 Å². The molecule has 1 aromatic carbocycles. The fourth-order valence-electron chi connectivity index (χ4n) is 4.27. The van der Waals surface area contributed by atoms with Crippen molar-refractivity contribution in [3.63, 3.8) is 0 Å². The highest BCUT2D eigenvalue weighted by atomic mass is 19.4. The molecule has 0 amide bonds. The van der Waals surface area contributed by atoms with E-state index in [1.54, 1.807) is 6.07 Å². The van der Waals surface area contributed by atoms with Gasteiger partial charge in [0, 0.05) is 24.8 Å². The standard InChI is InChI=1S/C18H24F3N7/c19-18(20,21)14-11-13(28-17(23)24-16(22)25-28)3-4-15(14)27-9-5-12(6-10-27)26-7-1-2-8-26/h3-4,11-12H,1-2,5-10H2,(H4,22,23,24,25). The third-order valence-corrected chi connectivity index (χ3v) is 5.64. The molecule has 0 bridgehead atoms. The van der Waals surface area contributed by atoms with E-state index in [0.29, 0.717) is 19.1 Å². The zero-order valence-corrected chi connectivity index (χ0v) is 15.5. The normalized spacial score (nSPS) is 19.5. The highest BCUT2D eigenvalue weighted by Crippen LogP contribution is 2.39. The summed E-state index contributed by atoms with van der Waals surface area (Å²) < 4.78 is 42.5. The summed E-state index contributed by atoms with van der Waals surface area (Å²) in [5.74, 6) is -0.135. The van der Waals surface area contributed by atoms with Gasteiger partial charge in [-0.3, -0.25) is 0 Å². The van der Waals surface area contributed by atoms with Gasteiger partial charge < -0.3 is 21.3 Å². The minimum atomic E-state index is -4.49. The fraction of sp³-hybridized carbons (Fsp3) is 0.556. The molecule has 0 saturated carbocycles. The van der Waals surface area contributed by atoms with Crippen molar-refractivity contribution in [2.24, 2.45) is 0 Å². The third kappa shape index (κ3) is 3.60. The summed E-state index contributed by atoms with van der Waals surface area (Å²) in [4.78, 5) is 8.06. The van der Waals surface area contributed by atoms with E-state index in [2.05, 4.69) is 15.0 Å². The molecule has 28 heavy (non-hydrogen) atoms. The van der Waals surface area contributed by atoms with Crippen molar-refractivity contribution < 1.29 is 13.2 Å². The first-order valence-electron chi connectivity index (χ1n) is 9.51. The molecule has 3 heterocycles. The highest BCUT2D eigenvalue weighted by molar-refractivity contribution is 5.60. The van der Waals surface area contributed by atoms with Crippen molar-refractivity contribution in [2.45, 2.75) is 37.9 Å². The lowest BCUT2D eigenvalue weighted by Gasteiger charge is -2.38. The Morgan fingerprint density at radius 1 is 1.00 bits per heavy atom. The summed E-state index contributed by atoms with van der Waals surface area (Å²) in [6.07, 6.45) is -0.291. The SMILES string of the molecule is Nc1nc(N)n(-c2ccc(N3CCC(N4CCCC4)CC3)c(C(F)(F)F)c2)n1. The first-order valence-corrected chi connectivity index (χ1v) is 9.51. The molecule has 152 valence electrons. The summed E-state index contributed by atoms with van der Waals surface area (Å²) in [5.41, 5.74) is 10.9. The van der Waals surface area contributed by atoms with E-state index in [0.717, 1.165) is 36.7 Å². The molecule has 0 spiro atoms. The van der Waals surface area contributed by atoms with Crippen molar-refractivity contribution in [2.75, 3.05) is 42.5 Å². The zero-order chi connectivity index (χ0) is 19.9. The van der Waals surface area contributed by atoms with Gasteiger partial charge in [-0.2, -0.15) is 22.8 Å². The molecule has 2 saturated heterocycles. The lowest BCUT2D eigenvalue weighted by Crippen LogP contribution is -2.44. The Morgan fingerprint density at radius 2 is 1.68 bits per heavy atom. The van der Waals surface area contributed by atoms with Crippen LogP contribution in [0.3, 0.4) is 0 Å². The Labute approximate surface area is 161 Å². The van der Waals surface area contributed by atoms with Crippen molar-refractivity contribution in [3.8, 4) is 5.69 Å². The molecule has 2 aliphatic rings. The summed E-state index contributed by atoms with van der Waals surface area (Å²) in [6.45, 7) is 3.44. The second-order valence-corrected chi connectivity index (χ2v) is 7.40. The Morgan fingerprint density at radius 3 is 2.25 bits per heavy atom. The van der Waals surface area contributed by atoms with Crippen LogP contribution in [-0.2, 0) is 6.18 Å². The lowest BCUT2D eigenvalue weighted by atomic mass is 10.0. The maximum Gasteiger partial charge on any atom is 0.418 e. The zero-order valence-electron chi connectivity index (χ0n) is 15.5. The molecule has 4 N–H and O–H groups in total. The molecular weight excluding hydrogens is 371 g/mol. The number of halogens is 3. The van der Waals surface area contributed by atoms with Crippen molar-refractivity contribution in [1.29, 1.82) is 0 Å². The second-order valence-electron chi connectivity index (χ2n) is 7.40. The van der Waals surface area contributed by atoms with Crippen LogP contribution in [0.1, 0.15) is 31.2 Å². The number of anilines is 3. The van der Waals surface area contributed by atoms with Gasteiger partial charge in [0.1, 0.15) is 0 Å². The molecular formula is C18H24F3N7. The number of hydrogen-bond acceptors (Lipinski definition) is 6. The van der Waals surface area contributed by atoms with Gasteiger partial charge >= 0.3 is 6.18 Å². The number of alkyl halides is 3. The second kappa shape index (κ2) is 7.16.